The molecule has 2 aromatic rings. The van der Waals surface area contributed by atoms with Crippen molar-refractivity contribution in [3.63, 3.8) is 0 Å². The van der Waals surface area contributed by atoms with E-state index in [0.717, 1.165) is 42.6 Å². The first-order chi connectivity index (χ1) is 11.0. The number of hydrogen-bond acceptors (Lipinski definition) is 6. The Bertz CT molecular complexity index is 724. The summed E-state index contributed by atoms with van der Waals surface area (Å²) in [5.41, 5.74) is 8.12. The zero-order valence-electron chi connectivity index (χ0n) is 14.3. The van der Waals surface area contributed by atoms with E-state index in [1.807, 2.05) is 30.9 Å². The van der Waals surface area contributed by atoms with Crippen molar-refractivity contribution in [3.05, 3.63) is 35.2 Å². The molecule has 0 radical (unpaired) electrons. The Morgan fingerprint density at radius 2 is 1.92 bits per heavy atom. The van der Waals surface area contributed by atoms with Gasteiger partial charge < -0.3 is 15.5 Å². The van der Waals surface area contributed by atoms with Crippen molar-refractivity contribution in [3.8, 4) is 0 Å². The highest BCUT2D eigenvalue weighted by Gasteiger charge is 2.23. The minimum absolute atomic E-state index is 0. The number of nitrogen functional groups attached to an aromatic ring is 1. The quantitative estimate of drug-likeness (QED) is 0.779. The minimum Gasteiger partial charge on any atom is -0.399 e. The monoisotopic (exact) mass is 403 g/mol. The lowest BCUT2D eigenvalue weighted by atomic mass is 10.1. The van der Waals surface area contributed by atoms with Crippen LogP contribution in [0.15, 0.2) is 18.2 Å². The fourth-order valence-electron chi connectivity index (χ4n) is 2.77. The Balaban J connectivity index is 0.00000156. The summed E-state index contributed by atoms with van der Waals surface area (Å²) in [5.74, 6) is 0.864. The lowest BCUT2D eigenvalue weighted by Crippen LogP contribution is -2.35. The predicted molar refractivity (Wildman–Crippen MR) is 107 cm³/mol. The molecule has 1 aliphatic heterocycles. The minimum atomic E-state index is 0. The first-order valence-electron chi connectivity index (χ1n) is 7.75. The third-order valence-corrected chi connectivity index (χ3v) is 4.93. The molecule has 0 bridgehead atoms. The maximum absolute atomic E-state index is 12.8. The number of rotatable bonds is 2. The van der Waals surface area contributed by atoms with Crippen LogP contribution < -0.4 is 10.6 Å². The summed E-state index contributed by atoms with van der Waals surface area (Å²) in [4.78, 5) is 21.4. The molecule has 3 rings (SSSR count). The van der Waals surface area contributed by atoms with Gasteiger partial charge in [0.15, 0.2) is 0 Å². The zero-order chi connectivity index (χ0) is 16.4. The Morgan fingerprint density at radius 1 is 1.16 bits per heavy atom. The van der Waals surface area contributed by atoms with Crippen LogP contribution in [0.5, 0.6) is 0 Å². The van der Waals surface area contributed by atoms with Crippen molar-refractivity contribution in [2.45, 2.75) is 20.3 Å². The van der Waals surface area contributed by atoms with E-state index in [1.54, 1.807) is 6.07 Å². The molecular weight excluding hydrogens is 381 g/mol. The molecule has 0 aliphatic carbocycles. The Kier molecular flexibility index (Phi) is 7.92. The molecule has 1 aromatic carbocycles. The van der Waals surface area contributed by atoms with Crippen LogP contribution in [0.4, 0.5) is 10.8 Å². The zero-order valence-corrected chi connectivity index (χ0v) is 16.7. The van der Waals surface area contributed by atoms with Crippen LogP contribution in [0.25, 0.3) is 0 Å². The highest BCUT2D eigenvalue weighted by Crippen LogP contribution is 2.20. The molecule has 1 fully saturated rings. The van der Waals surface area contributed by atoms with Crippen LogP contribution in [-0.2, 0) is 0 Å². The summed E-state index contributed by atoms with van der Waals surface area (Å²) < 4.78 is 4.24. The smallest absolute Gasteiger partial charge is 0.254 e. The van der Waals surface area contributed by atoms with Crippen molar-refractivity contribution < 1.29 is 4.79 Å². The van der Waals surface area contributed by atoms with E-state index < -0.39 is 0 Å². The first-order valence-corrected chi connectivity index (χ1v) is 8.52. The SMILES string of the molecule is Cc1nsc(N2CCCN(C(=O)c3cc(N)ccc3C)CC2)n1.Cl.Cl. The highest BCUT2D eigenvalue weighted by molar-refractivity contribution is 7.09. The molecule has 1 amide bonds. The molecule has 2 heterocycles. The standard InChI is InChI=1S/C16H21N5OS.2ClH/c1-11-4-5-13(17)10-14(11)15(22)20-6-3-7-21(9-8-20)16-18-12(2)19-23-16;;/h4-5,10H,3,6-9,17H2,1-2H3;2*1H. The van der Waals surface area contributed by atoms with Crippen LogP contribution in [-0.4, -0.2) is 46.3 Å². The molecule has 0 saturated carbocycles. The number of amides is 1. The number of carbonyl (C=O) groups excluding carboxylic acids is 1. The van der Waals surface area contributed by atoms with Crippen LogP contribution in [0.3, 0.4) is 0 Å². The number of aromatic nitrogens is 2. The van der Waals surface area contributed by atoms with Gasteiger partial charge in [-0.1, -0.05) is 6.07 Å². The number of halogens is 2. The van der Waals surface area contributed by atoms with Crippen LogP contribution in [0.2, 0.25) is 0 Å². The normalized spacial score (nSPS) is 14.3. The molecule has 1 saturated heterocycles. The number of nitrogens with two attached hydrogens (primary N) is 1. The molecule has 1 aliphatic rings. The Morgan fingerprint density at radius 3 is 2.60 bits per heavy atom. The van der Waals surface area contributed by atoms with E-state index in [4.69, 9.17) is 5.73 Å². The third-order valence-electron chi connectivity index (χ3n) is 4.06. The van der Waals surface area contributed by atoms with E-state index in [2.05, 4.69) is 14.3 Å². The lowest BCUT2D eigenvalue weighted by molar-refractivity contribution is 0.0766. The van der Waals surface area contributed by atoms with Crippen molar-refractivity contribution in [2.24, 2.45) is 0 Å². The van der Waals surface area contributed by atoms with Crippen molar-refractivity contribution >= 4 is 53.1 Å². The predicted octanol–water partition coefficient (Wildman–Crippen LogP) is 2.93. The van der Waals surface area contributed by atoms with E-state index >= 15 is 0 Å². The second-order valence-corrected chi connectivity index (χ2v) is 6.56. The second-order valence-electron chi connectivity index (χ2n) is 5.83. The molecular formula is C16H23Cl2N5OS. The van der Waals surface area contributed by atoms with Crippen molar-refractivity contribution in [2.75, 3.05) is 36.8 Å². The summed E-state index contributed by atoms with van der Waals surface area (Å²) in [6.07, 6.45) is 0.922. The van der Waals surface area contributed by atoms with Gasteiger partial charge in [-0.15, -0.1) is 24.8 Å². The second kappa shape index (κ2) is 9.22. The summed E-state index contributed by atoms with van der Waals surface area (Å²) in [6.45, 7) is 6.96. The van der Waals surface area contributed by atoms with Crippen LogP contribution in [0.1, 0.15) is 28.2 Å². The number of nitrogens with zero attached hydrogens (tertiary/aromatic N) is 4. The van der Waals surface area contributed by atoms with Gasteiger partial charge in [-0.05, 0) is 38.0 Å². The molecule has 0 atom stereocenters. The largest absolute Gasteiger partial charge is 0.399 e. The average molecular weight is 404 g/mol. The molecule has 25 heavy (non-hydrogen) atoms. The Hall–Kier alpha value is -1.57. The van der Waals surface area contributed by atoms with E-state index in [0.29, 0.717) is 17.8 Å². The van der Waals surface area contributed by atoms with Gasteiger partial charge in [0, 0.05) is 49.0 Å². The molecule has 9 heteroatoms. The number of carbonyl (C=O) groups is 1. The summed E-state index contributed by atoms with van der Waals surface area (Å²) in [6, 6.07) is 5.50. The van der Waals surface area contributed by atoms with Gasteiger partial charge in [0.1, 0.15) is 5.82 Å². The van der Waals surface area contributed by atoms with Gasteiger partial charge in [-0.3, -0.25) is 4.79 Å². The summed E-state index contributed by atoms with van der Waals surface area (Å²) in [5, 5.41) is 0.942. The summed E-state index contributed by atoms with van der Waals surface area (Å²) >= 11 is 1.42. The van der Waals surface area contributed by atoms with Crippen molar-refractivity contribution in [1.82, 2.24) is 14.3 Å². The van der Waals surface area contributed by atoms with Crippen LogP contribution in [0, 0.1) is 13.8 Å². The van der Waals surface area contributed by atoms with E-state index in [-0.39, 0.29) is 30.7 Å². The van der Waals surface area contributed by atoms with Gasteiger partial charge >= 0.3 is 0 Å². The molecule has 1 aromatic heterocycles. The van der Waals surface area contributed by atoms with Gasteiger partial charge in [0.05, 0.1) is 0 Å². The molecule has 0 spiro atoms. The number of anilines is 2. The molecule has 6 nitrogen and oxygen atoms in total. The maximum Gasteiger partial charge on any atom is 0.254 e. The van der Waals surface area contributed by atoms with E-state index in [1.165, 1.54) is 11.5 Å². The maximum atomic E-state index is 12.8. The van der Waals surface area contributed by atoms with E-state index in [9.17, 15) is 4.79 Å². The fraction of sp³-hybridized carbons (Fsp3) is 0.438. The number of aryl methyl sites for hydroxylation is 2. The Labute approximate surface area is 164 Å². The topological polar surface area (TPSA) is 75.4 Å². The van der Waals surface area contributed by atoms with Gasteiger partial charge in [-0.2, -0.15) is 4.37 Å². The number of benzene rings is 1. The summed E-state index contributed by atoms with van der Waals surface area (Å²) in [7, 11) is 0. The van der Waals surface area contributed by atoms with Gasteiger partial charge in [0.2, 0.25) is 5.13 Å². The number of hydrogen-bond donors (Lipinski definition) is 1. The first kappa shape index (κ1) is 21.5. The molecule has 2 N–H and O–H groups in total. The van der Waals surface area contributed by atoms with Crippen molar-refractivity contribution in [1.29, 1.82) is 0 Å². The lowest BCUT2D eigenvalue weighted by Gasteiger charge is -2.22. The average Bonchev–Trinajstić information content (AvgIpc) is 2.82. The van der Waals surface area contributed by atoms with Gasteiger partial charge in [0.25, 0.3) is 5.91 Å². The highest BCUT2D eigenvalue weighted by atomic mass is 35.5. The van der Waals surface area contributed by atoms with Crippen LogP contribution >= 0.6 is 36.3 Å². The fourth-order valence-corrected chi connectivity index (χ4v) is 3.49. The van der Waals surface area contributed by atoms with Gasteiger partial charge in [-0.25, -0.2) is 4.98 Å². The molecule has 0 unspecified atom stereocenters. The third kappa shape index (κ3) is 4.96. The molecule has 138 valence electrons.